The Kier molecular flexibility index (Phi) is 5.67. The number of aromatic nitrogens is 2. The molecular weight excluding hydrogens is 366 g/mol. The molecule has 5 atom stereocenters. The number of nitrogens with two attached hydrogens (primary N) is 1. The summed E-state index contributed by atoms with van der Waals surface area (Å²) in [6.07, 6.45) is 4.24. The van der Waals surface area contributed by atoms with Gasteiger partial charge in [0.05, 0.1) is 30.3 Å². The van der Waals surface area contributed by atoms with E-state index in [0.717, 1.165) is 34.8 Å². The molecule has 6 heteroatoms. The van der Waals surface area contributed by atoms with Gasteiger partial charge in [-0.25, -0.2) is 4.98 Å². The maximum Gasteiger partial charge on any atom is 0.319 e. The minimum absolute atomic E-state index is 0.0952. The maximum absolute atomic E-state index is 12.7. The molecule has 0 amide bonds. The fraction of sp³-hybridized carbons (Fsp3) is 0.652. The van der Waals surface area contributed by atoms with E-state index in [9.17, 15) is 4.79 Å². The summed E-state index contributed by atoms with van der Waals surface area (Å²) in [5.41, 5.74) is 8.65. The predicted octanol–water partition coefficient (Wildman–Crippen LogP) is 3.86. The van der Waals surface area contributed by atoms with E-state index >= 15 is 0 Å². The molecule has 5 unspecified atom stereocenters. The molecule has 1 aliphatic carbocycles. The molecule has 1 aliphatic heterocycles. The van der Waals surface area contributed by atoms with Crippen LogP contribution in [-0.4, -0.2) is 35.8 Å². The first-order chi connectivity index (χ1) is 13.9. The summed E-state index contributed by atoms with van der Waals surface area (Å²) in [4.78, 5) is 21.0. The summed E-state index contributed by atoms with van der Waals surface area (Å²) in [6, 6.07) is 5.89. The number of hydrogen-bond donors (Lipinski definition) is 2. The second-order valence-electron chi connectivity index (χ2n) is 9.04. The van der Waals surface area contributed by atoms with Gasteiger partial charge in [0.25, 0.3) is 0 Å². The summed E-state index contributed by atoms with van der Waals surface area (Å²) in [5, 5.41) is 0. The Balaban J connectivity index is 1.63. The fourth-order valence-corrected chi connectivity index (χ4v) is 5.25. The molecular formula is C23H33N3O3. The van der Waals surface area contributed by atoms with Crippen molar-refractivity contribution in [2.24, 2.45) is 23.5 Å². The number of imidazole rings is 1. The lowest BCUT2D eigenvalue weighted by Crippen LogP contribution is -2.38. The number of hydrogen-bond acceptors (Lipinski definition) is 5. The average Bonchev–Trinajstić information content (AvgIpc) is 3.35. The zero-order valence-electron chi connectivity index (χ0n) is 17.7. The van der Waals surface area contributed by atoms with Crippen molar-refractivity contribution < 1.29 is 14.3 Å². The van der Waals surface area contributed by atoms with Crippen molar-refractivity contribution in [3.05, 3.63) is 29.6 Å². The van der Waals surface area contributed by atoms with Crippen LogP contribution in [-0.2, 0) is 19.7 Å². The van der Waals surface area contributed by atoms with Crippen molar-refractivity contribution >= 4 is 17.0 Å². The molecule has 4 rings (SSSR count). The third-order valence-electron chi connectivity index (χ3n) is 7.02. The third-order valence-corrected chi connectivity index (χ3v) is 7.02. The summed E-state index contributed by atoms with van der Waals surface area (Å²) >= 11 is 0. The lowest BCUT2D eigenvalue weighted by Gasteiger charge is -2.35. The van der Waals surface area contributed by atoms with E-state index in [1.54, 1.807) is 0 Å². The lowest BCUT2D eigenvalue weighted by atomic mass is 9.72. The molecule has 2 aliphatic rings. The zero-order chi connectivity index (χ0) is 20.6. The highest BCUT2D eigenvalue weighted by Gasteiger charge is 2.45. The molecule has 2 heterocycles. The Morgan fingerprint density at radius 3 is 2.93 bits per heavy atom. The molecule has 0 bridgehead atoms. The predicted molar refractivity (Wildman–Crippen MR) is 112 cm³/mol. The first-order valence-corrected chi connectivity index (χ1v) is 11.0. The number of carbonyl (C=O) groups excluding carboxylic acids is 1. The van der Waals surface area contributed by atoms with Crippen molar-refractivity contribution in [2.75, 3.05) is 19.8 Å². The van der Waals surface area contributed by atoms with Crippen molar-refractivity contribution in [1.29, 1.82) is 0 Å². The van der Waals surface area contributed by atoms with Gasteiger partial charge in [-0.1, -0.05) is 26.3 Å². The number of aromatic amines is 1. The SMILES string of the molecule is CCOC(=O)C1(c2ccc3nc(C(N)C4CCC(C)CC4C)[nH]c3c2)CCOC1. The van der Waals surface area contributed by atoms with E-state index in [4.69, 9.17) is 20.2 Å². The van der Waals surface area contributed by atoms with Gasteiger partial charge < -0.3 is 20.2 Å². The monoisotopic (exact) mass is 399 g/mol. The summed E-state index contributed by atoms with van der Waals surface area (Å²) in [5.74, 6) is 2.45. The molecule has 2 aromatic rings. The number of carbonyl (C=O) groups is 1. The highest BCUT2D eigenvalue weighted by atomic mass is 16.5. The minimum Gasteiger partial charge on any atom is -0.465 e. The molecule has 6 nitrogen and oxygen atoms in total. The smallest absolute Gasteiger partial charge is 0.319 e. The number of nitrogens with one attached hydrogen (secondary N) is 1. The summed E-state index contributed by atoms with van der Waals surface area (Å²) in [6.45, 7) is 7.75. The van der Waals surface area contributed by atoms with Crippen LogP contribution in [0.2, 0.25) is 0 Å². The van der Waals surface area contributed by atoms with Crippen LogP contribution in [0.4, 0.5) is 0 Å². The summed E-state index contributed by atoms with van der Waals surface area (Å²) in [7, 11) is 0. The van der Waals surface area contributed by atoms with Crippen LogP contribution in [0.1, 0.15) is 63.9 Å². The topological polar surface area (TPSA) is 90.2 Å². The van der Waals surface area contributed by atoms with Gasteiger partial charge in [0.1, 0.15) is 11.2 Å². The molecule has 29 heavy (non-hydrogen) atoms. The summed E-state index contributed by atoms with van der Waals surface area (Å²) < 4.78 is 11.0. The lowest BCUT2D eigenvalue weighted by molar-refractivity contribution is -0.150. The molecule has 1 aromatic carbocycles. The van der Waals surface area contributed by atoms with Gasteiger partial charge in [-0.15, -0.1) is 0 Å². The minimum atomic E-state index is -0.731. The molecule has 1 aromatic heterocycles. The van der Waals surface area contributed by atoms with Gasteiger partial charge in [0.2, 0.25) is 0 Å². The highest BCUT2D eigenvalue weighted by Crippen LogP contribution is 2.40. The Morgan fingerprint density at radius 2 is 2.24 bits per heavy atom. The molecule has 1 saturated heterocycles. The normalized spacial score (nSPS) is 31.1. The number of nitrogens with zero attached hydrogens (tertiary/aromatic N) is 1. The van der Waals surface area contributed by atoms with E-state index in [1.807, 2.05) is 25.1 Å². The van der Waals surface area contributed by atoms with Crippen LogP contribution >= 0.6 is 0 Å². The van der Waals surface area contributed by atoms with Gasteiger partial charge >= 0.3 is 5.97 Å². The van der Waals surface area contributed by atoms with Gasteiger partial charge in [0.15, 0.2) is 0 Å². The second-order valence-corrected chi connectivity index (χ2v) is 9.04. The van der Waals surface area contributed by atoms with E-state index in [1.165, 1.54) is 12.8 Å². The van der Waals surface area contributed by atoms with E-state index < -0.39 is 5.41 Å². The maximum atomic E-state index is 12.7. The number of ether oxygens (including phenoxy) is 2. The van der Waals surface area contributed by atoms with Crippen LogP contribution in [0.3, 0.4) is 0 Å². The van der Waals surface area contributed by atoms with E-state index in [-0.39, 0.29) is 12.0 Å². The Hall–Kier alpha value is -1.92. The molecule has 1 saturated carbocycles. The van der Waals surface area contributed by atoms with Crippen molar-refractivity contribution in [1.82, 2.24) is 9.97 Å². The highest BCUT2D eigenvalue weighted by molar-refractivity contribution is 5.86. The van der Waals surface area contributed by atoms with Gasteiger partial charge in [0, 0.05) is 6.61 Å². The van der Waals surface area contributed by atoms with Crippen LogP contribution in [0, 0.1) is 17.8 Å². The Labute approximate surface area is 172 Å². The first-order valence-electron chi connectivity index (χ1n) is 11.0. The second kappa shape index (κ2) is 8.07. The average molecular weight is 400 g/mol. The van der Waals surface area contributed by atoms with Gasteiger partial charge in [-0.2, -0.15) is 0 Å². The number of esters is 1. The van der Waals surface area contributed by atoms with Crippen LogP contribution in [0.15, 0.2) is 18.2 Å². The first kappa shape index (κ1) is 20.4. The fourth-order valence-electron chi connectivity index (χ4n) is 5.25. The molecule has 2 fully saturated rings. The molecule has 0 spiro atoms. The molecule has 158 valence electrons. The zero-order valence-corrected chi connectivity index (χ0v) is 17.7. The molecule has 0 radical (unpaired) electrons. The van der Waals surface area contributed by atoms with Crippen molar-refractivity contribution in [3.8, 4) is 0 Å². The van der Waals surface area contributed by atoms with Gasteiger partial charge in [-0.05, 0) is 61.6 Å². The number of benzene rings is 1. The Morgan fingerprint density at radius 1 is 1.41 bits per heavy atom. The van der Waals surface area contributed by atoms with Gasteiger partial charge in [-0.3, -0.25) is 4.79 Å². The van der Waals surface area contributed by atoms with Crippen molar-refractivity contribution in [3.63, 3.8) is 0 Å². The quantitative estimate of drug-likeness (QED) is 0.745. The standard InChI is InChI=1S/C23H33N3O3/c1-4-29-22(27)23(9-10-28-13-23)16-6-8-18-19(12-16)26-21(25-18)20(24)17-7-5-14(2)11-15(17)3/h6,8,12,14-15,17,20H,4-5,7,9-11,13,24H2,1-3H3,(H,25,26). The van der Waals surface area contributed by atoms with Crippen LogP contribution < -0.4 is 5.73 Å². The van der Waals surface area contributed by atoms with Crippen molar-refractivity contribution in [2.45, 2.75) is 57.9 Å². The number of H-pyrrole nitrogens is 1. The van der Waals surface area contributed by atoms with E-state index in [0.29, 0.717) is 38.1 Å². The number of fused-ring (bicyclic) bond motifs is 1. The van der Waals surface area contributed by atoms with E-state index in [2.05, 4.69) is 18.8 Å². The van der Waals surface area contributed by atoms with Crippen LogP contribution in [0.5, 0.6) is 0 Å². The molecule has 3 N–H and O–H groups in total. The largest absolute Gasteiger partial charge is 0.465 e. The number of rotatable bonds is 5. The Bertz CT molecular complexity index is 871. The third kappa shape index (κ3) is 3.68. The van der Waals surface area contributed by atoms with Crippen LogP contribution in [0.25, 0.3) is 11.0 Å².